The zero-order valence-corrected chi connectivity index (χ0v) is 15.2. The number of rotatable bonds is 4. The van der Waals surface area contributed by atoms with E-state index in [-0.39, 0.29) is 23.7 Å². The van der Waals surface area contributed by atoms with Gasteiger partial charge in [0, 0.05) is 32.0 Å². The fourth-order valence-electron chi connectivity index (χ4n) is 4.42. The van der Waals surface area contributed by atoms with E-state index < -0.39 is 0 Å². The number of hydrogen-bond acceptors (Lipinski definition) is 5. The summed E-state index contributed by atoms with van der Waals surface area (Å²) < 4.78 is 13.3. The highest BCUT2D eigenvalue weighted by Gasteiger charge is 2.52. The Morgan fingerprint density at radius 2 is 2.04 bits per heavy atom. The van der Waals surface area contributed by atoms with E-state index in [9.17, 15) is 4.79 Å². The topological polar surface area (TPSA) is 69.5 Å². The Kier molecular flexibility index (Phi) is 4.50. The minimum atomic E-state index is -0.240. The fourth-order valence-corrected chi connectivity index (χ4v) is 4.42. The van der Waals surface area contributed by atoms with Crippen molar-refractivity contribution >= 4 is 5.91 Å². The molecule has 0 unspecified atom stereocenters. The van der Waals surface area contributed by atoms with Crippen molar-refractivity contribution in [2.24, 2.45) is 0 Å². The van der Waals surface area contributed by atoms with Crippen LogP contribution in [-0.2, 0) is 9.47 Å². The lowest BCUT2D eigenvalue weighted by atomic mass is 9.79. The molecule has 1 saturated heterocycles. The molecule has 4 rings (SSSR count). The molecule has 2 aliphatic rings. The van der Waals surface area contributed by atoms with Gasteiger partial charge in [0.1, 0.15) is 12.7 Å². The van der Waals surface area contributed by atoms with Gasteiger partial charge in [-0.3, -0.25) is 9.36 Å². The molecule has 1 aliphatic heterocycles. The van der Waals surface area contributed by atoms with Crippen LogP contribution in [-0.4, -0.2) is 64.1 Å². The first kappa shape index (κ1) is 17.2. The summed E-state index contributed by atoms with van der Waals surface area (Å²) in [7, 11) is 3.51. The van der Waals surface area contributed by atoms with E-state index in [0.717, 1.165) is 31.4 Å². The molecule has 3 atom stereocenters. The van der Waals surface area contributed by atoms with Crippen LogP contribution in [0.5, 0.6) is 0 Å². The van der Waals surface area contributed by atoms with Gasteiger partial charge in [0.15, 0.2) is 0 Å². The summed E-state index contributed by atoms with van der Waals surface area (Å²) in [6.45, 7) is 0.713. The molecule has 1 aliphatic carbocycles. The molecule has 2 heterocycles. The second-order valence-corrected chi connectivity index (χ2v) is 7.08. The minimum absolute atomic E-state index is 0.0422. The van der Waals surface area contributed by atoms with Crippen molar-refractivity contribution < 1.29 is 14.3 Å². The third-order valence-corrected chi connectivity index (χ3v) is 5.95. The lowest BCUT2D eigenvalue weighted by molar-refractivity contribution is -0.0893. The number of aromatic nitrogens is 3. The second-order valence-electron chi connectivity index (χ2n) is 7.08. The first-order valence-electron chi connectivity index (χ1n) is 9.01. The summed E-state index contributed by atoms with van der Waals surface area (Å²) in [5, 5.41) is 7.66. The maximum atomic E-state index is 13.3. The molecular weight excluding hydrogens is 332 g/mol. The number of ether oxygens (including phenoxy) is 2. The largest absolute Gasteiger partial charge is 0.381 e. The molecule has 0 spiro atoms. The van der Waals surface area contributed by atoms with Crippen molar-refractivity contribution in [3.63, 3.8) is 0 Å². The first-order chi connectivity index (χ1) is 12.7. The molecule has 1 aromatic carbocycles. The number of amides is 1. The average Bonchev–Trinajstić information content (AvgIpc) is 3.35. The smallest absolute Gasteiger partial charge is 0.254 e. The summed E-state index contributed by atoms with van der Waals surface area (Å²) >= 11 is 0. The molecule has 2 fully saturated rings. The predicted octanol–water partition coefficient (Wildman–Crippen LogP) is 2.07. The van der Waals surface area contributed by atoms with E-state index in [2.05, 4.69) is 10.2 Å². The van der Waals surface area contributed by atoms with Gasteiger partial charge in [0.2, 0.25) is 0 Å². The average molecular weight is 356 g/mol. The van der Waals surface area contributed by atoms with Crippen molar-refractivity contribution in [2.45, 2.75) is 43.4 Å². The number of fused-ring (bicyclic) bond motifs is 1. The summed E-state index contributed by atoms with van der Waals surface area (Å²) in [4.78, 5) is 15.2. The van der Waals surface area contributed by atoms with Crippen LogP contribution in [0.15, 0.2) is 36.9 Å². The van der Waals surface area contributed by atoms with E-state index in [1.54, 1.807) is 31.4 Å². The molecule has 0 N–H and O–H groups in total. The second kappa shape index (κ2) is 6.81. The Balaban J connectivity index is 1.61. The number of carbonyl (C=O) groups excluding carboxylic acids is 1. The van der Waals surface area contributed by atoms with Crippen LogP contribution in [0.25, 0.3) is 5.69 Å². The summed E-state index contributed by atoms with van der Waals surface area (Å²) in [5.74, 6) is 0.0422. The molecule has 2 aromatic rings. The van der Waals surface area contributed by atoms with Gasteiger partial charge in [0.25, 0.3) is 5.91 Å². The number of nitrogens with zero attached hydrogens (tertiary/aromatic N) is 4. The molecule has 26 heavy (non-hydrogen) atoms. The number of benzene rings is 1. The molecule has 138 valence electrons. The third kappa shape index (κ3) is 2.81. The van der Waals surface area contributed by atoms with E-state index in [4.69, 9.17) is 9.47 Å². The van der Waals surface area contributed by atoms with Gasteiger partial charge in [-0.2, -0.15) is 0 Å². The van der Waals surface area contributed by atoms with Crippen LogP contribution in [0.2, 0.25) is 0 Å². The van der Waals surface area contributed by atoms with E-state index in [1.807, 2.05) is 29.2 Å². The third-order valence-electron chi connectivity index (χ3n) is 5.95. The Labute approximate surface area is 152 Å². The number of methoxy groups -OCH3 is 2. The minimum Gasteiger partial charge on any atom is -0.381 e. The van der Waals surface area contributed by atoms with Crippen LogP contribution >= 0.6 is 0 Å². The van der Waals surface area contributed by atoms with Gasteiger partial charge in [-0.05, 0) is 43.9 Å². The normalized spacial score (nSPS) is 28.2. The van der Waals surface area contributed by atoms with Crippen LogP contribution < -0.4 is 0 Å². The molecule has 0 radical (unpaired) electrons. The highest BCUT2D eigenvalue weighted by atomic mass is 16.5. The van der Waals surface area contributed by atoms with Crippen molar-refractivity contribution in [3.05, 3.63) is 42.5 Å². The Hall–Kier alpha value is -2.25. The maximum absolute atomic E-state index is 13.3. The zero-order valence-electron chi connectivity index (χ0n) is 15.2. The van der Waals surface area contributed by atoms with Crippen molar-refractivity contribution in [3.8, 4) is 5.69 Å². The van der Waals surface area contributed by atoms with Crippen LogP contribution in [0.4, 0.5) is 0 Å². The van der Waals surface area contributed by atoms with Gasteiger partial charge in [-0.15, -0.1) is 10.2 Å². The summed E-state index contributed by atoms with van der Waals surface area (Å²) in [6.07, 6.45) is 7.03. The molecule has 0 bridgehead atoms. The lowest BCUT2D eigenvalue weighted by Gasteiger charge is -2.43. The predicted molar refractivity (Wildman–Crippen MR) is 95.2 cm³/mol. The fraction of sp³-hybridized carbons (Fsp3) is 0.526. The van der Waals surface area contributed by atoms with Crippen molar-refractivity contribution in [1.29, 1.82) is 0 Å². The number of likely N-dealkylation sites (tertiary alicyclic amines) is 1. The molecule has 1 aromatic heterocycles. The van der Waals surface area contributed by atoms with Crippen LogP contribution in [0.1, 0.15) is 36.0 Å². The lowest BCUT2D eigenvalue weighted by Crippen LogP contribution is -2.53. The van der Waals surface area contributed by atoms with Gasteiger partial charge in [0.05, 0.1) is 17.7 Å². The molecular formula is C19H24N4O3. The Bertz CT molecular complexity index is 779. The zero-order chi connectivity index (χ0) is 18.1. The highest BCUT2D eigenvalue weighted by Crippen LogP contribution is 2.43. The first-order valence-corrected chi connectivity index (χ1v) is 9.01. The quantitative estimate of drug-likeness (QED) is 0.839. The number of carbonyl (C=O) groups is 1. The summed E-state index contributed by atoms with van der Waals surface area (Å²) in [6, 6.07) is 7.62. The molecule has 1 amide bonds. The van der Waals surface area contributed by atoms with Gasteiger partial charge in [-0.1, -0.05) is 6.07 Å². The van der Waals surface area contributed by atoms with Gasteiger partial charge in [-0.25, -0.2) is 0 Å². The van der Waals surface area contributed by atoms with Gasteiger partial charge < -0.3 is 14.4 Å². The SMILES string of the molecule is CO[C@H]1CC[C@@]2(OC)CCN(C(=O)c3cccc(-n4cnnc4)c3)[C@H]2C1. The standard InChI is InChI=1S/C19H24N4O3/c1-25-16-6-7-19(26-2)8-9-23(17(19)11-16)18(24)14-4-3-5-15(10-14)22-12-20-21-13-22/h3-5,10,12-13,16-17H,6-9,11H2,1-2H3/t16-,17-,19+/m0/s1. The van der Waals surface area contributed by atoms with E-state index in [1.165, 1.54) is 0 Å². The van der Waals surface area contributed by atoms with E-state index >= 15 is 0 Å². The van der Waals surface area contributed by atoms with Gasteiger partial charge >= 0.3 is 0 Å². The molecule has 7 heteroatoms. The van der Waals surface area contributed by atoms with Crippen LogP contribution in [0.3, 0.4) is 0 Å². The molecule has 7 nitrogen and oxygen atoms in total. The maximum Gasteiger partial charge on any atom is 0.254 e. The molecule has 1 saturated carbocycles. The van der Waals surface area contributed by atoms with E-state index in [0.29, 0.717) is 12.1 Å². The Morgan fingerprint density at radius 1 is 1.23 bits per heavy atom. The van der Waals surface area contributed by atoms with Crippen LogP contribution in [0, 0.1) is 0 Å². The number of hydrogen-bond donors (Lipinski definition) is 0. The monoisotopic (exact) mass is 356 g/mol. The Morgan fingerprint density at radius 3 is 2.77 bits per heavy atom. The highest BCUT2D eigenvalue weighted by molar-refractivity contribution is 5.95. The van der Waals surface area contributed by atoms with Crippen molar-refractivity contribution in [1.82, 2.24) is 19.7 Å². The van der Waals surface area contributed by atoms with Crippen molar-refractivity contribution in [2.75, 3.05) is 20.8 Å². The summed E-state index contributed by atoms with van der Waals surface area (Å²) in [5.41, 5.74) is 1.30.